The molecule has 0 bridgehead atoms. The summed E-state index contributed by atoms with van der Waals surface area (Å²) in [7, 11) is 0. The lowest BCUT2D eigenvalue weighted by Gasteiger charge is -2.04. The minimum absolute atomic E-state index is 0.0421. The third-order valence-corrected chi connectivity index (χ3v) is 1.92. The zero-order chi connectivity index (χ0) is 10.7. The number of rotatable bonds is 3. The van der Waals surface area contributed by atoms with Gasteiger partial charge in [-0.05, 0) is 0 Å². The van der Waals surface area contributed by atoms with Gasteiger partial charge in [-0.1, -0.05) is 0 Å². The number of pyridine rings is 1. The van der Waals surface area contributed by atoms with Gasteiger partial charge in [0.25, 0.3) is 6.43 Å². The molecule has 0 spiro atoms. The van der Waals surface area contributed by atoms with Gasteiger partial charge in [0.2, 0.25) is 0 Å². The second kappa shape index (κ2) is 4.32. The number of halogens is 3. The Labute approximate surface area is 82.7 Å². The lowest BCUT2D eigenvalue weighted by molar-refractivity contribution is 0.110. The molecule has 1 heterocycles. The highest BCUT2D eigenvalue weighted by Crippen LogP contribution is 2.17. The molecule has 0 radical (unpaired) electrons. The Balaban J connectivity index is 3.42. The minimum Gasteiger partial charge on any atom is -0.355 e. The number of hydrogen-bond acceptors (Lipinski definition) is 2. The third kappa shape index (κ3) is 1.98. The molecule has 0 atom stereocenters. The number of carbonyl (C=O) groups excluding carboxylic acids is 1. The first-order valence-electron chi connectivity index (χ1n) is 3.65. The number of H-pyrrole nitrogens is 1. The van der Waals surface area contributed by atoms with E-state index in [9.17, 15) is 18.4 Å². The fraction of sp³-hybridized carbons (Fsp3) is 0.250. The van der Waals surface area contributed by atoms with Crippen LogP contribution in [0.15, 0.2) is 10.9 Å². The van der Waals surface area contributed by atoms with Crippen LogP contribution in [-0.2, 0) is 5.88 Å². The molecule has 1 aromatic heterocycles. The molecule has 0 aliphatic carbocycles. The standard InChI is InChI=1S/C8H6ClF2NO2/c9-2-4-1-6(14)7(8(10)11)5(3-13)12-4/h1,3,8H,2H2,(H,12,14). The smallest absolute Gasteiger partial charge is 0.269 e. The second-order valence-electron chi connectivity index (χ2n) is 2.54. The quantitative estimate of drug-likeness (QED) is 0.626. The van der Waals surface area contributed by atoms with Gasteiger partial charge in [0.15, 0.2) is 11.7 Å². The number of nitrogens with one attached hydrogen (secondary N) is 1. The monoisotopic (exact) mass is 221 g/mol. The number of hydrogen-bond donors (Lipinski definition) is 1. The van der Waals surface area contributed by atoms with Crippen LogP contribution >= 0.6 is 11.6 Å². The molecule has 6 heteroatoms. The fourth-order valence-corrected chi connectivity index (χ4v) is 1.18. The van der Waals surface area contributed by atoms with Gasteiger partial charge in [0.1, 0.15) is 0 Å². The van der Waals surface area contributed by atoms with Crippen molar-refractivity contribution < 1.29 is 13.6 Å². The number of aromatic amines is 1. The van der Waals surface area contributed by atoms with E-state index in [-0.39, 0.29) is 17.9 Å². The fourth-order valence-electron chi connectivity index (χ4n) is 1.04. The first kappa shape index (κ1) is 10.8. The van der Waals surface area contributed by atoms with E-state index in [1.807, 2.05) is 0 Å². The van der Waals surface area contributed by atoms with E-state index in [0.717, 1.165) is 6.07 Å². The molecule has 76 valence electrons. The maximum absolute atomic E-state index is 12.3. The Hall–Kier alpha value is -1.23. The van der Waals surface area contributed by atoms with Crippen LogP contribution in [0.5, 0.6) is 0 Å². The van der Waals surface area contributed by atoms with Gasteiger partial charge in [-0.25, -0.2) is 8.78 Å². The number of aromatic nitrogens is 1. The summed E-state index contributed by atoms with van der Waals surface area (Å²) in [5.74, 6) is -0.0421. The molecule has 0 unspecified atom stereocenters. The minimum atomic E-state index is -2.97. The van der Waals surface area contributed by atoms with Crippen LogP contribution in [0.2, 0.25) is 0 Å². The maximum atomic E-state index is 12.3. The molecule has 0 saturated heterocycles. The van der Waals surface area contributed by atoms with Crippen molar-refractivity contribution in [2.75, 3.05) is 0 Å². The predicted octanol–water partition coefficient (Wildman–Crippen LogP) is 1.86. The van der Waals surface area contributed by atoms with Crippen LogP contribution in [0.25, 0.3) is 0 Å². The topological polar surface area (TPSA) is 49.9 Å². The Kier molecular flexibility index (Phi) is 3.35. The maximum Gasteiger partial charge on any atom is 0.269 e. The third-order valence-electron chi connectivity index (χ3n) is 1.64. The molecule has 0 amide bonds. The van der Waals surface area contributed by atoms with Crippen LogP contribution in [0.3, 0.4) is 0 Å². The van der Waals surface area contributed by atoms with Crippen molar-refractivity contribution in [3.8, 4) is 0 Å². The van der Waals surface area contributed by atoms with Crippen molar-refractivity contribution in [1.29, 1.82) is 0 Å². The van der Waals surface area contributed by atoms with Gasteiger partial charge in [-0.15, -0.1) is 11.6 Å². The first-order chi connectivity index (χ1) is 6.60. The summed E-state index contributed by atoms with van der Waals surface area (Å²) >= 11 is 5.39. The largest absolute Gasteiger partial charge is 0.355 e. The van der Waals surface area contributed by atoms with Crippen molar-refractivity contribution in [1.82, 2.24) is 4.98 Å². The zero-order valence-electron chi connectivity index (χ0n) is 6.89. The molecule has 0 aromatic carbocycles. The van der Waals surface area contributed by atoms with E-state index < -0.39 is 23.1 Å². The summed E-state index contributed by atoms with van der Waals surface area (Å²) in [6.07, 6.45) is -2.79. The van der Waals surface area contributed by atoms with Gasteiger partial charge < -0.3 is 4.98 Å². The lowest BCUT2D eigenvalue weighted by atomic mass is 10.2. The Morgan fingerprint density at radius 3 is 2.64 bits per heavy atom. The Bertz CT molecular complexity index is 403. The summed E-state index contributed by atoms with van der Waals surface area (Å²) < 4.78 is 24.6. The van der Waals surface area contributed by atoms with Crippen molar-refractivity contribution in [3.63, 3.8) is 0 Å². The van der Waals surface area contributed by atoms with E-state index >= 15 is 0 Å². The van der Waals surface area contributed by atoms with E-state index in [4.69, 9.17) is 11.6 Å². The van der Waals surface area contributed by atoms with Crippen molar-refractivity contribution in [3.05, 3.63) is 33.2 Å². The molecule has 14 heavy (non-hydrogen) atoms. The van der Waals surface area contributed by atoms with Gasteiger partial charge in [-0.3, -0.25) is 9.59 Å². The number of alkyl halides is 3. The summed E-state index contributed by atoms with van der Waals surface area (Å²) in [4.78, 5) is 23.9. The molecular formula is C8H6ClF2NO2. The lowest BCUT2D eigenvalue weighted by Crippen LogP contribution is -2.15. The van der Waals surface area contributed by atoms with E-state index in [1.54, 1.807) is 0 Å². The van der Waals surface area contributed by atoms with Crippen LogP contribution in [0.4, 0.5) is 8.78 Å². The van der Waals surface area contributed by atoms with Gasteiger partial charge in [-0.2, -0.15) is 0 Å². The molecule has 1 rings (SSSR count). The number of aldehydes is 1. The first-order valence-corrected chi connectivity index (χ1v) is 4.19. The highest BCUT2D eigenvalue weighted by Gasteiger charge is 2.17. The SMILES string of the molecule is O=Cc1[nH]c(CCl)cc(=O)c1C(F)F. The van der Waals surface area contributed by atoms with E-state index in [1.165, 1.54) is 0 Å². The molecule has 0 aliphatic rings. The summed E-state index contributed by atoms with van der Waals surface area (Å²) in [5, 5.41) is 0. The molecule has 0 aliphatic heterocycles. The average molecular weight is 222 g/mol. The molecule has 0 saturated carbocycles. The number of carbonyl (C=O) groups is 1. The molecule has 1 N–H and O–H groups in total. The van der Waals surface area contributed by atoms with Crippen LogP contribution in [-0.4, -0.2) is 11.3 Å². The molecule has 0 fully saturated rings. The van der Waals surface area contributed by atoms with Crippen LogP contribution in [0.1, 0.15) is 28.2 Å². The van der Waals surface area contributed by atoms with Crippen molar-refractivity contribution in [2.45, 2.75) is 12.3 Å². The summed E-state index contributed by atoms with van der Waals surface area (Å²) in [5.41, 5.74) is -1.86. The van der Waals surface area contributed by atoms with Crippen molar-refractivity contribution in [2.24, 2.45) is 0 Å². The Morgan fingerprint density at radius 2 is 2.21 bits per heavy atom. The van der Waals surface area contributed by atoms with Crippen molar-refractivity contribution >= 4 is 17.9 Å². The average Bonchev–Trinajstić information content (AvgIpc) is 2.15. The van der Waals surface area contributed by atoms with Gasteiger partial charge in [0.05, 0.1) is 17.1 Å². The highest BCUT2D eigenvalue weighted by atomic mass is 35.5. The molecular weight excluding hydrogens is 216 g/mol. The summed E-state index contributed by atoms with van der Waals surface area (Å²) in [6.45, 7) is 0. The van der Waals surface area contributed by atoms with E-state index in [2.05, 4.69) is 4.98 Å². The predicted molar refractivity (Wildman–Crippen MR) is 47.0 cm³/mol. The second-order valence-corrected chi connectivity index (χ2v) is 2.81. The van der Waals surface area contributed by atoms with Gasteiger partial charge >= 0.3 is 0 Å². The Morgan fingerprint density at radius 1 is 1.57 bits per heavy atom. The zero-order valence-corrected chi connectivity index (χ0v) is 7.65. The van der Waals surface area contributed by atoms with Crippen LogP contribution in [0, 0.1) is 0 Å². The molecule has 3 nitrogen and oxygen atoms in total. The van der Waals surface area contributed by atoms with E-state index in [0.29, 0.717) is 0 Å². The molecule has 1 aromatic rings. The normalized spacial score (nSPS) is 10.6. The van der Waals surface area contributed by atoms with Gasteiger partial charge in [0, 0.05) is 11.8 Å². The van der Waals surface area contributed by atoms with Crippen LogP contribution < -0.4 is 5.43 Å². The summed E-state index contributed by atoms with van der Waals surface area (Å²) in [6, 6.07) is 0.960. The highest BCUT2D eigenvalue weighted by molar-refractivity contribution is 6.16.